The van der Waals surface area contributed by atoms with Gasteiger partial charge in [0.1, 0.15) is 5.56 Å². The molecule has 0 spiro atoms. The summed E-state index contributed by atoms with van der Waals surface area (Å²) in [5.74, 6) is -0.113. The van der Waals surface area contributed by atoms with E-state index in [-0.39, 0.29) is 20.3 Å². The van der Waals surface area contributed by atoms with Gasteiger partial charge in [-0.1, -0.05) is 54.6 Å². The summed E-state index contributed by atoms with van der Waals surface area (Å²) in [5, 5.41) is 2.98. The van der Waals surface area contributed by atoms with E-state index in [1.165, 1.54) is 4.68 Å². The maximum absolute atomic E-state index is 12.4. The number of Topliss-reactive ketones (excluding diaryl/α,β-unsaturated/α-hetero) is 1. The molecule has 2 rings (SSSR count). The minimum Gasteiger partial charge on any atom is -0.295 e. The Morgan fingerprint density at radius 1 is 1.30 bits per heavy atom. The van der Waals surface area contributed by atoms with E-state index in [2.05, 4.69) is 27.7 Å². The van der Waals surface area contributed by atoms with Crippen molar-refractivity contribution in [2.24, 2.45) is 0 Å². The smallest absolute Gasteiger partial charge is 0.282 e. The standard InChI is InChI=1S/C15H17IN2O2/c1-10-13(12(19)9-15(2,3)16)14(20)18(17-10)11-7-5-4-6-8-11/h4-8,17H,9H2,1-3H3. The number of nitrogens with zero attached hydrogens (tertiary/aromatic N) is 1. The van der Waals surface area contributed by atoms with Crippen molar-refractivity contribution in [2.75, 3.05) is 0 Å². The van der Waals surface area contributed by atoms with Crippen LogP contribution in [0.2, 0.25) is 0 Å². The molecule has 1 N–H and O–H groups in total. The van der Waals surface area contributed by atoms with Crippen LogP contribution in [0.3, 0.4) is 0 Å². The molecule has 0 aliphatic heterocycles. The van der Waals surface area contributed by atoms with Crippen molar-refractivity contribution >= 4 is 28.4 Å². The van der Waals surface area contributed by atoms with Gasteiger partial charge in [-0.3, -0.25) is 14.7 Å². The number of rotatable bonds is 4. The molecule has 5 heteroatoms. The van der Waals surface area contributed by atoms with Crippen molar-refractivity contribution in [1.82, 2.24) is 9.78 Å². The van der Waals surface area contributed by atoms with Gasteiger partial charge in [0.05, 0.1) is 5.69 Å². The molecule has 0 unspecified atom stereocenters. The maximum atomic E-state index is 12.4. The molecule has 1 aromatic carbocycles. The summed E-state index contributed by atoms with van der Waals surface area (Å²) >= 11 is 2.22. The Kier molecular flexibility index (Phi) is 4.17. The van der Waals surface area contributed by atoms with E-state index in [9.17, 15) is 9.59 Å². The van der Waals surface area contributed by atoms with E-state index in [1.54, 1.807) is 6.92 Å². The van der Waals surface area contributed by atoms with Crippen molar-refractivity contribution in [2.45, 2.75) is 30.6 Å². The van der Waals surface area contributed by atoms with Crippen molar-refractivity contribution in [1.29, 1.82) is 0 Å². The number of aromatic nitrogens is 2. The second-order valence-electron chi connectivity index (χ2n) is 5.41. The van der Waals surface area contributed by atoms with Gasteiger partial charge in [0.25, 0.3) is 5.56 Å². The molecule has 0 fully saturated rings. The summed E-state index contributed by atoms with van der Waals surface area (Å²) in [6.45, 7) is 5.71. The predicted octanol–water partition coefficient (Wildman–Crippen LogP) is 3.26. The number of benzene rings is 1. The fraction of sp³-hybridized carbons (Fsp3) is 0.333. The minimum atomic E-state index is -0.278. The van der Waals surface area contributed by atoms with Crippen LogP contribution in [-0.2, 0) is 0 Å². The van der Waals surface area contributed by atoms with Gasteiger partial charge in [0.2, 0.25) is 0 Å². The zero-order valence-corrected chi connectivity index (χ0v) is 13.9. The van der Waals surface area contributed by atoms with Crippen LogP contribution < -0.4 is 5.56 Å². The van der Waals surface area contributed by atoms with E-state index < -0.39 is 0 Å². The third kappa shape index (κ3) is 3.20. The zero-order valence-electron chi connectivity index (χ0n) is 11.7. The molecule has 106 valence electrons. The quantitative estimate of drug-likeness (QED) is 0.500. The number of para-hydroxylation sites is 1. The SMILES string of the molecule is Cc1[nH]n(-c2ccccc2)c(=O)c1C(=O)CC(C)(C)I. The van der Waals surface area contributed by atoms with Crippen molar-refractivity contribution in [3.63, 3.8) is 0 Å². The number of carbonyl (C=O) groups excluding carboxylic acids is 1. The van der Waals surface area contributed by atoms with E-state index >= 15 is 0 Å². The molecule has 4 nitrogen and oxygen atoms in total. The van der Waals surface area contributed by atoms with Crippen LogP contribution in [0, 0.1) is 6.92 Å². The molecule has 0 aliphatic carbocycles. The van der Waals surface area contributed by atoms with Crippen LogP contribution in [0.25, 0.3) is 5.69 Å². The number of aromatic amines is 1. The summed E-state index contributed by atoms with van der Waals surface area (Å²) in [6.07, 6.45) is 0.344. The molecular formula is C15H17IN2O2. The summed E-state index contributed by atoms with van der Waals surface area (Å²) in [7, 11) is 0. The zero-order chi connectivity index (χ0) is 14.9. The Morgan fingerprint density at radius 3 is 2.45 bits per heavy atom. The number of alkyl halides is 1. The van der Waals surface area contributed by atoms with E-state index in [0.717, 1.165) is 5.69 Å². The molecular weight excluding hydrogens is 367 g/mol. The third-order valence-electron chi connectivity index (χ3n) is 2.95. The minimum absolute atomic E-state index is 0.113. The molecule has 2 aromatic rings. The number of ketones is 1. The van der Waals surface area contributed by atoms with Gasteiger partial charge in [-0.15, -0.1) is 0 Å². The number of hydrogen-bond donors (Lipinski definition) is 1. The lowest BCUT2D eigenvalue weighted by Gasteiger charge is -2.13. The maximum Gasteiger partial charge on any atom is 0.282 e. The van der Waals surface area contributed by atoms with Gasteiger partial charge in [-0.05, 0) is 19.1 Å². The number of nitrogens with one attached hydrogen (secondary N) is 1. The van der Waals surface area contributed by atoms with Crippen LogP contribution in [0.15, 0.2) is 35.1 Å². The molecule has 1 aromatic heterocycles. The highest BCUT2D eigenvalue weighted by atomic mass is 127. The second-order valence-corrected chi connectivity index (χ2v) is 8.33. The fourth-order valence-electron chi connectivity index (χ4n) is 2.10. The highest BCUT2D eigenvalue weighted by Gasteiger charge is 2.24. The lowest BCUT2D eigenvalue weighted by molar-refractivity contribution is 0.0974. The highest BCUT2D eigenvalue weighted by molar-refractivity contribution is 14.1. The summed E-state index contributed by atoms with van der Waals surface area (Å²) in [6, 6.07) is 9.25. The van der Waals surface area contributed by atoms with Gasteiger partial charge in [0.15, 0.2) is 5.78 Å². The van der Waals surface area contributed by atoms with Gasteiger partial charge < -0.3 is 0 Å². The Labute approximate surface area is 131 Å². The molecule has 0 bridgehead atoms. The van der Waals surface area contributed by atoms with Crippen molar-refractivity contribution in [3.05, 3.63) is 51.9 Å². The predicted molar refractivity (Wildman–Crippen MR) is 88.2 cm³/mol. The fourth-order valence-corrected chi connectivity index (χ4v) is 2.45. The van der Waals surface area contributed by atoms with E-state index in [0.29, 0.717) is 12.1 Å². The first-order valence-corrected chi connectivity index (χ1v) is 7.46. The van der Waals surface area contributed by atoms with Gasteiger partial charge >= 0.3 is 0 Å². The first-order valence-electron chi connectivity index (χ1n) is 6.39. The molecule has 0 saturated carbocycles. The lowest BCUT2D eigenvalue weighted by atomic mass is 10.0. The van der Waals surface area contributed by atoms with Crippen LogP contribution >= 0.6 is 22.6 Å². The number of carbonyl (C=O) groups is 1. The molecule has 20 heavy (non-hydrogen) atoms. The average molecular weight is 384 g/mol. The topological polar surface area (TPSA) is 54.9 Å². The Morgan fingerprint density at radius 2 is 1.90 bits per heavy atom. The van der Waals surface area contributed by atoms with Crippen LogP contribution in [0.1, 0.15) is 36.3 Å². The molecule has 0 amide bonds. The van der Waals surface area contributed by atoms with Gasteiger partial charge in [0, 0.05) is 15.5 Å². The lowest BCUT2D eigenvalue weighted by Crippen LogP contribution is -2.24. The summed E-state index contributed by atoms with van der Waals surface area (Å²) in [4.78, 5) is 24.7. The molecule has 0 saturated heterocycles. The summed E-state index contributed by atoms with van der Waals surface area (Å²) in [5.41, 5.74) is 1.33. The molecule has 0 radical (unpaired) electrons. The Balaban J connectivity index is 2.45. The normalized spacial score (nSPS) is 11.6. The number of H-pyrrole nitrogens is 1. The third-order valence-corrected chi connectivity index (χ3v) is 3.33. The Bertz CT molecular complexity index is 678. The van der Waals surface area contributed by atoms with Crippen LogP contribution in [-0.4, -0.2) is 19.0 Å². The molecule has 0 aliphatic rings. The first-order chi connectivity index (χ1) is 9.29. The van der Waals surface area contributed by atoms with E-state index in [1.807, 2.05) is 44.2 Å². The van der Waals surface area contributed by atoms with Crippen molar-refractivity contribution < 1.29 is 4.79 Å². The molecule has 1 heterocycles. The van der Waals surface area contributed by atoms with Crippen LogP contribution in [0.5, 0.6) is 0 Å². The first kappa shape index (κ1) is 15.0. The Hall–Kier alpha value is -1.37. The van der Waals surface area contributed by atoms with Crippen LogP contribution in [0.4, 0.5) is 0 Å². The number of halogens is 1. The molecule has 0 atom stereocenters. The number of aryl methyl sites for hydroxylation is 1. The largest absolute Gasteiger partial charge is 0.295 e. The summed E-state index contributed by atoms with van der Waals surface area (Å²) < 4.78 is 1.26. The second kappa shape index (κ2) is 5.55. The van der Waals surface area contributed by atoms with Gasteiger partial charge in [-0.2, -0.15) is 0 Å². The highest BCUT2D eigenvalue weighted by Crippen LogP contribution is 2.23. The van der Waals surface area contributed by atoms with Crippen molar-refractivity contribution in [3.8, 4) is 5.69 Å². The van der Waals surface area contributed by atoms with Gasteiger partial charge in [-0.25, -0.2) is 4.68 Å². The van der Waals surface area contributed by atoms with E-state index in [4.69, 9.17) is 0 Å². The monoisotopic (exact) mass is 384 g/mol. The number of hydrogen-bond acceptors (Lipinski definition) is 2. The average Bonchev–Trinajstić information content (AvgIpc) is 2.64.